The average Bonchev–Trinajstić information content (AvgIpc) is 3.24. The van der Waals surface area contributed by atoms with Crippen LogP contribution in [0.25, 0.3) is 11.0 Å². The Bertz CT molecular complexity index is 1230. The molecule has 0 amide bonds. The molecule has 2 N–H and O–H groups in total. The molecule has 0 radical (unpaired) electrons. The van der Waals surface area contributed by atoms with Gasteiger partial charge in [0.1, 0.15) is 23.7 Å². The molecule has 0 fully saturated rings. The first-order valence-electron chi connectivity index (χ1n) is 12.3. The van der Waals surface area contributed by atoms with Crippen LogP contribution in [-0.2, 0) is 12.4 Å². The second-order valence-corrected chi connectivity index (χ2v) is 8.83. The third kappa shape index (κ3) is 6.32. The molecular formula is C27H30F6N2O3. The van der Waals surface area contributed by atoms with Crippen LogP contribution in [0.4, 0.5) is 26.3 Å². The minimum atomic E-state index is -5.22. The number of benzene rings is 2. The molecule has 1 unspecified atom stereocenters. The lowest BCUT2D eigenvalue weighted by Gasteiger charge is -2.23. The minimum Gasteiger partial charge on any atom is -0.491 e. The summed E-state index contributed by atoms with van der Waals surface area (Å²) in [6.45, 7) is 6.29. The number of carbonyl (C=O) groups is 1. The van der Waals surface area contributed by atoms with Crippen LogP contribution >= 0.6 is 0 Å². The van der Waals surface area contributed by atoms with Gasteiger partial charge in [-0.2, -0.15) is 26.3 Å². The van der Waals surface area contributed by atoms with Crippen molar-refractivity contribution < 1.29 is 40.3 Å². The molecule has 0 aliphatic carbocycles. The molecule has 1 atom stereocenters. The van der Waals surface area contributed by atoms with E-state index in [1.807, 2.05) is 20.8 Å². The van der Waals surface area contributed by atoms with Gasteiger partial charge in [0.2, 0.25) is 0 Å². The summed E-state index contributed by atoms with van der Waals surface area (Å²) in [6.07, 6.45) is -9.44. The van der Waals surface area contributed by atoms with E-state index in [4.69, 9.17) is 14.9 Å². The molecule has 0 aliphatic heterocycles. The third-order valence-electron chi connectivity index (χ3n) is 6.30. The highest BCUT2D eigenvalue weighted by molar-refractivity contribution is 6.17. The van der Waals surface area contributed by atoms with Crippen molar-refractivity contribution in [2.45, 2.75) is 52.0 Å². The number of carbonyl (C=O) groups excluding carboxylic acids is 1. The van der Waals surface area contributed by atoms with Crippen molar-refractivity contribution in [3.05, 3.63) is 64.4 Å². The number of hydrogen-bond donors (Lipinski definition) is 1. The number of para-hydroxylation sites is 1. The number of halogens is 6. The maximum atomic E-state index is 14.1. The smallest absolute Gasteiger partial charge is 0.420 e. The lowest BCUT2D eigenvalue weighted by atomic mass is 9.93. The molecule has 2 aromatic carbocycles. The van der Waals surface area contributed by atoms with Crippen molar-refractivity contribution in [1.82, 2.24) is 4.90 Å². The van der Waals surface area contributed by atoms with E-state index in [0.717, 1.165) is 0 Å². The average molecular weight is 545 g/mol. The van der Waals surface area contributed by atoms with Crippen LogP contribution in [-0.4, -0.2) is 36.9 Å². The fourth-order valence-electron chi connectivity index (χ4n) is 4.30. The zero-order chi connectivity index (χ0) is 28.3. The molecule has 208 valence electrons. The molecule has 3 aromatic rings. The van der Waals surface area contributed by atoms with Crippen molar-refractivity contribution in [3.63, 3.8) is 0 Å². The number of furan rings is 1. The lowest BCUT2D eigenvalue weighted by Crippen LogP contribution is -2.28. The Morgan fingerprint density at radius 3 is 2.11 bits per heavy atom. The Balaban J connectivity index is 2.20. The molecule has 0 saturated heterocycles. The van der Waals surface area contributed by atoms with Gasteiger partial charge in [0.05, 0.1) is 22.7 Å². The van der Waals surface area contributed by atoms with Crippen LogP contribution in [0.1, 0.15) is 72.5 Å². The highest BCUT2D eigenvalue weighted by Gasteiger charge is 2.43. The van der Waals surface area contributed by atoms with Crippen molar-refractivity contribution in [1.29, 1.82) is 0 Å². The number of ether oxygens (including phenoxy) is 1. The molecule has 1 aromatic heterocycles. The number of rotatable bonds is 11. The van der Waals surface area contributed by atoms with E-state index in [-0.39, 0.29) is 28.8 Å². The van der Waals surface area contributed by atoms with Crippen LogP contribution < -0.4 is 10.5 Å². The van der Waals surface area contributed by atoms with E-state index in [1.54, 1.807) is 23.1 Å². The zero-order valence-corrected chi connectivity index (χ0v) is 21.3. The predicted molar refractivity (Wildman–Crippen MR) is 131 cm³/mol. The standard InChI is InChI=1S/C27H30F6N2O3/c1-4-9-20(34)25-22(17-10-7-8-11-21(17)38-25)23(36)16-14-18(26(28,29)30)24(19(15-16)27(31,32)33)37-13-12-35(5-2)6-3/h7-8,10-11,14-15,20H,4-6,9,12-13,34H2,1-3H3. The van der Waals surface area contributed by atoms with Gasteiger partial charge < -0.3 is 19.8 Å². The van der Waals surface area contributed by atoms with E-state index >= 15 is 0 Å². The Labute approximate surface area is 216 Å². The second kappa shape index (κ2) is 11.8. The highest BCUT2D eigenvalue weighted by Crippen LogP contribution is 2.46. The fraction of sp³-hybridized carbons (Fsp3) is 0.444. The molecule has 0 saturated carbocycles. The summed E-state index contributed by atoms with van der Waals surface area (Å²) >= 11 is 0. The molecule has 0 bridgehead atoms. The number of ketones is 1. The first-order chi connectivity index (χ1) is 17.8. The van der Waals surface area contributed by atoms with Gasteiger partial charge in [-0.3, -0.25) is 4.79 Å². The van der Waals surface area contributed by atoms with Gasteiger partial charge >= 0.3 is 12.4 Å². The SMILES string of the molecule is CCCC(N)c1oc2ccccc2c1C(=O)c1cc(C(F)(F)F)c(OCCN(CC)CC)c(C(F)(F)F)c1. The van der Waals surface area contributed by atoms with E-state index in [1.165, 1.54) is 6.07 Å². The molecule has 0 aliphatic rings. The molecule has 3 rings (SSSR count). The summed E-state index contributed by atoms with van der Waals surface area (Å²) in [4.78, 5) is 15.4. The zero-order valence-electron chi connectivity index (χ0n) is 21.3. The third-order valence-corrected chi connectivity index (χ3v) is 6.30. The Morgan fingerprint density at radius 1 is 1.00 bits per heavy atom. The van der Waals surface area contributed by atoms with Gasteiger partial charge in [-0.15, -0.1) is 0 Å². The quantitative estimate of drug-likeness (QED) is 0.204. The van der Waals surface area contributed by atoms with Gasteiger partial charge in [0.15, 0.2) is 5.78 Å². The highest BCUT2D eigenvalue weighted by atomic mass is 19.4. The van der Waals surface area contributed by atoms with Gasteiger partial charge in [0, 0.05) is 17.5 Å². The van der Waals surface area contributed by atoms with Crippen molar-refractivity contribution >= 4 is 16.8 Å². The summed E-state index contributed by atoms with van der Waals surface area (Å²) in [6, 6.07) is 6.29. The van der Waals surface area contributed by atoms with Crippen molar-refractivity contribution in [2.24, 2.45) is 5.73 Å². The van der Waals surface area contributed by atoms with Crippen LogP contribution in [0.5, 0.6) is 5.75 Å². The van der Waals surface area contributed by atoms with E-state index in [0.29, 0.717) is 38.1 Å². The van der Waals surface area contributed by atoms with Crippen molar-refractivity contribution in [3.8, 4) is 5.75 Å². The van der Waals surface area contributed by atoms with E-state index < -0.39 is 53.2 Å². The summed E-state index contributed by atoms with van der Waals surface area (Å²) < 4.78 is 95.3. The number of alkyl halides is 6. The largest absolute Gasteiger partial charge is 0.491 e. The first kappa shape index (κ1) is 29.5. The Hall–Kier alpha value is -3.05. The Morgan fingerprint density at radius 2 is 1.58 bits per heavy atom. The normalized spacial score (nSPS) is 13.3. The van der Waals surface area contributed by atoms with Crippen LogP contribution in [0, 0.1) is 0 Å². The lowest BCUT2D eigenvalue weighted by molar-refractivity contribution is -0.145. The number of nitrogens with two attached hydrogens (primary N) is 1. The number of nitrogens with zero attached hydrogens (tertiary/aromatic N) is 1. The molecule has 5 nitrogen and oxygen atoms in total. The van der Waals surface area contributed by atoms with Crippen LogP contribution in [0.3, 0.4) is 0 Å². The summed E-state index contributed by atoms with van der Waals surface area (Å²) in [7, 11) is 0. The van der Waals surface area contributed by atoms with E-state index in [2.05, 4.69) is 0 Å². The van der Waals surface area contributed by atoms with Gasteiger partial charge in [-0.1, -0.05) is 45.4 Å². The van der Waals surface area contributed by atoms with Crippen LogP contribution in [0.2, 0.25) is 0 Å². The van der Waals surface area contributed by atoms with Crippen molar-refractivity contribution in [2.75, 3.05) is 26.2 Å². The number of fused-ring (bicyclic) bond motifs is 1. The molecule has 38 heavy (non-hydrogen) atoms. The number of likely N-dealkylation sites (N-methyl/N-ethyl adjacent to an activating group) is 1. The maximum absolute atomic E-state index is 14.1. The molecule has 1 heterocycles. The van der Waals surface area contributed by atoms with E-state index in [9.17, 15) is 31.1 Å². The first-order valence-corrected chi connectivity index (χ1v) is 12.3. The molecular weight excluding hydrogens is 514 g/mol. The monoisotopic (exact) mass is 544 g/mol. The number of hydrogen-bond acceptors (Lipinski definition) is 5. The van der Waals surface area contributed by atoms with Gasteiger partial charge in [-0.05, 0) is 37.7 Å². The summed E-state index contributed by atoms with van der Waals surface area (Å²) in [5.41, 5.74) is 2.13. The second-order valence-electron chi connectivity index (χ2n) is 8.83. The predicted octanol–water partition coefficient (Wildman–Crippen LogP) is 7.22. The summed E-state index contributed by atoms with van der Waals surface area (Å²) in [5, 5.41) is 0.251. The minimum absolute atomic E-state index is 0.0136. The fourth-order valence-corrected chi connectivity index (χ4v) is 4.30. The topological polar surface area (TPSA) is 68.7 Å². The molecule has 11 heteroatoms. The summed E-state index contributed by atoms with van der Waals surface area (Å²) in [5.74, 6) is -2.39. The van der Waals surface area contributed by atoms with Gasteiger partial charge in [0.25, 0.3) is 0 Å². The van der Waals surface area contributed by atoms with Crippen LogP contribution in [0.15, 0.2) is 40.8 Å². The molecule has 0 spiro atoms. The maximum Gasteiger partial charge on any atom is 0.420 e. The van der Waals surface area contributed by atoms with Gasteiger partial charge in [-0.25, -0.2) is 0 Å². The Kier molecular flexibility index (Phi) is 9.14.